The Hall–Kier alpha value is -2.40. The third-order valence-corrected chi connectivity index (χ3v) is 2.74. The first kappa shape index (κ1) is 13.0. The minimum atomic E-state index is -0.128. The van der Waals surface area contributed by atoms with Crippen LogP contribution in [-0.2, 0) is 6.61 Å². The first-order valence-electron chi connectivity index (χ1n) is 5.80. The van der Waals surface area contributed by atoms with E-state index >= 15 is 0 Å². The molecule has 19 heavy (non-hydrogen) atoms. The Balaban J connectivity index is 2.44. The molecule has 0 spiro atoms. The van der Waals surface area contributed by atoms with Crippen molar-refractivity contribution < 1.29 is 9.84 Å². The van der Waals surface area contributed by atoms with Gasteiger partial charge in [0.15, 0.2) is 0 Å². The maximum Gasteiger partial charge on any atom is 0.230 e. The van der Waals surface area contributed by atoms with E-state index < -0.39 is 0 Å². The second kappa shape index (κ2) is 5.49. The van der Waals surface area contributed by atoms with Gasteiger partial charge in [0, 0.05) is 11.8 Å². The number of nitrogens with zero attached hydrogens (tertiary/aromatic N) is 1. The van der Waals surface area contributed by atoms with Gasteiger partial charge in [-0.15, -0.1) is 0 Å². The molecule has 1 heterocycles. The molecular formula is C14H15N3O2. The van der Waals surface area contributed by atoms with Gasteiger partial charge in [0.1, 0.15) is 11.6 Å². The molecule has 0 fully saturated rings. The Kier molecular flexibility index (Phi) is 3.77. The largest absolute Gasteiger partial charge is 0.438 e. The van der Waals surface area contributed by atoms with Crippen LogP contribution < -0.4 is 10.5 Å². The lowest BCUT2D eigenvalue weighted by Gasteiger charge is -2.13. The minimum absolute atomic E-state index is 0.0953. The summed E-state index contributed by atoms with van der Waals surface area (Å²) in [6.07, 6.45) is 1.60. The summed E-state index contributed by atoms with van der Waals surface area (Å²) >= 11 is 0. The normalized spacial score (nSPS) is 10.2. The van der Waals surface area contributed by atoms with Crippen LogP contribution in [0.1, 0.15) is 16.7 Å². The van der Waals surface area contributed by atoms with E-state index in [-0.39, 0.29) is 18.3 Å². The van der Waals surface area contributed by atoms with Crippen LogP contribution in [0, 0.1) is 12.3 Å². The van der Waals surface area contributed by atoms with Gasteiger partial charge in [0.2, 0.25) is 5.88 Å². The number of hydrogen-bond acceptors (Lipinski definition) is 4. The average Bonchev–Trinajstić information content (AvgIpc) is 2.39. The number of aliphatic hydroxyl groups excluding tert-OH is 1. The van der Waals surface area contributed by atoms with Crippen molar-refractivity contribution in [2.75, 3.05) is 0 Å². The number of nitrogens with one attached hydrogen (secondary N) is 1. The summed E-state index contributed by atoms with van der Waals surface area (Å²) in [6, 6.07) is 8.88. The number of aliphatic hydroxyl groups is 1. The zero-order valence-electron chi connectivity index (χ0n) is 10.6. The SMILES string of the molecule is Cc1ccnc(Oc2ccccc2CO)c1C(=N)N. The first-order valence-corrected chi connectivity index (χ1v) is 5.80. The molecule has 1 aromatic carbocycles. The van der Waals surface area contributed by atoms with E-state index in [2.05, 4.69) is 4.98 Å². The van der Waals surface area contributed by atoms with Gasteiger partial charge in [-0.25, -0.2) is 4.98 Å². The molecule has 0 radical (unpaired) electrons. The highest BCUT2D eigenvalue weighted by Crippen LogP contribution is 2.27. The number of para-hydroxylation sites is 1. The van der Waals surface area contributed by atoms with Crippen LogP contribution in [0.3, 0.4) is 0 Å². The van der Waals surface area contributed by atoms with Gasteiger partial charge in [0.25, 0.3) is 0 Å². The summed E-state index contributed by atoms with van der Waals surface area (Å²) < 4.78 is 5.68. The predicted molar refractivity (Wildman–Crippen MR) is 72.4 cm³/mol. The summed E-state index contributed by atoms with van der Waals surface area (Å²) in [7, 11) is 0. The number of amidine groups is 1. The molecule has 0 aliphatic rings. The average molecular weight is 257 g/mol. The number of nitrogens with two attached hydrogens (primary N) is 1. The molecule has 0 saturated heterocycles. The van der Waals surface area contributed by atoms with Gasteiger partial charge >= 0.3 is 0 Å². The molecule has 4 N–H and O–H groups in total. The van der Waals surface area contributed by atoms with Crippen molar-refractivity contribution in [3.05, 3.63) is 53.2 Å². The van der Waals surface area contributed by atoms with Crippen LogP contribution in [-0.4, -0.2) is 15.9 Å². The van der Waals surface area contributed by atoms with Crippen LogP contribution in [0.25, 0.3) is 0 Å². The minimum Gasteiger partial charge on any atom is -0.438 e. The topological polar surface area (TPSA) is 92.2 Å². The monoisotopic (exact) mass is 257 g/mol. The molecule has 0 aliphatic heterocycles. The summed E-state index contributed by atoms with van der Waals surface area (Å²) in [4.78, 5) is 4.11. The third-order valence-electron chi connectivity index (χ3n) is 2.74. The molecule has 2 rings (SSSR count). The number of pyridine rings is 1. The maximum atomic E-state index is 9.26. The number of benzene rings is 1. The molecule has 5 nitrogen and oxygen atoms in total. The van der Waals surface area contributed by atoms with Gasteiger partial charge in [-0.05, 0) is 24.6 Å². The smallest absolute Gasteiger partial charge is 0.230 e. The van der Waals surface area contributed by atoms with E-state index in [9.17, 15) is 5.11 Å². The Morgan fingerprint density at radius 3 is 2.79 bits per heavy atom. The molecular weight excluding hydrogens is 242 g/mol. The number of hydrogen-bond donors (Lipinski definition) is 3. The van der Waals surface area contributed by atoms with E-state index in [4.69, 9.17) is 15.9 Å². The van der Waals surface area contributed by atoms with Gasteiger partial charge in [-0.2, -0.15) is 0 Å². The maximum absolute atomic E-state index is 9.26. The van der Waals surface area contributed by atoms with E-state index in [1.807, 2.05) is 13.0 Å². The lowest BCUT2D eigenvalue weighted by Crippen LogP contribution is -2.15. The van der Waals surface area contributed by atoms with Crippen LogP contribution in [0.5, 0.6) is 11.6 Å². The van der Waals surface area contributed by atoms with E-state index in [0.717, 1.165) is 5.56 Å². The summed E-state index contributed by atoms with van der Waals surface area (Å²) in [5.74, 6) is 0.682. The van der Waals surface area contributed by atoms with Crippen molar-refractivity contribution >= 4 is 5.84 Å². The second-order valence-electron chi connectivity index (χ2n) is 4.09. The van der Waals surface area contributed by atoms with E-state index in [1.165, 1.54) is 0 Å². The molecule has 0 unspecified atom stereocenters. The molecule has 0 amide bonds. The highest BCUT2D eigenvalue weighted by Gasteiger charge is 2.13. The lowest BCUT2D eigenvalue weighted by atomic mass is 10.1. The highest BCUT2D eigenvalue weighted by atomic mass is 16.5. The Morgan fingerprint density at radius 1 is 1.37 bits per heavy atom. The molecule has 5 heteroatoms. The number of aryl methyl sites for hydroxylation is 1. The van der Waals surface area contributed by atoms with E-state index in [1.54, 1.807) is 30.5 Å². The zero-order valence-corrected chi connectivity index (χ0v) is 10.6. The fraction of sp³-hybridized carbons (Fsp3) is 0.143. The lowest BCUT2D eigenvalue weighted by molar-refractivity contribution is 0.276. The fourth-order valence-corrected chi connectivity index (χ4v) is 1.78. The standard InChI is InChI=1S/C14H15N3O2/c1-9-6-7-17-14(12(9)13(15)16)19-11-5-3-2-4-10(11)8-18/h2-7,18H,8H2,1H3,(H3,15,16). The van der Waals surface area contributed by atoms with Crippen LogP contribution >= 0.6 is 0 Å². The first-order chi connectivity index (χ1) is 9.13. The van der Waals surface area contributed by atoms with Crippen molar-refractivity contribution in [1.29, 1.82) is 5.41 Å². The molecule has 98 valence electrons. The number of ether oxygens (including phenoxy) is 1. The molecule has 0 saturated carbocycles. The number of aromatic nitrogens is 1. The highest BCUT2D eigenvalue weighted by molar-refractivity contribution is 5.98. The Labute approximate surface area is 111 Å². The van der Waals surface area contributed by atoms with E-state index in [0.29, 0.717) is 16.9 Å². The van der Waals surface area contributed by atoms with Crippen molar-refractivity contribution in [2.24, 2.45) is 5.73 Å². The molecule has 1 aromatic heterocycles. The van der Waals surface area contributed by atoms with Gasteiger partial charge < -0.3 is 15.6 Å². The molecule has 0 aliphatic carbocycles. The quantitative estimate of drug-likeness (QED) is 0.576. The third kappa shape index (κ3) is 2.71. The van der Waals surface area contributed by atoms with Crippen molar-refractivity contribution in [3.63, 3.8) is 0 Å². The van der Waals surface area contributed by atoms with Crippen LogP contribution in [0.4, 0.5) is 0 Å². The fourth-order valence-electron chi connectivity index (χ4n) is 1.78. The van der Waals surface area contributed by atoms with Crippen molar-refractivity contribution in [3.8, 4) is 11.6 Å². The summed E-state index contributed by atoms with van der Waals surface area (Å²) in [6.45, 7) is 1.71. The van der Waals surface area contributed by atoms with Crippen LogP contribution in [0.15, 0.2) is 36.5 Å². The number of nitrogen functional groups attached to an aromatic ring is 1. The second-order valence-corrected chi connectivity index (χ2v) is 4.09. The zero-order chi connectivity index (χ0) is 13.8. The van der Waals surface area contributed by atoms with Crippen molar-refractivity contribution in [2.45, 2.75) is 13.5 Å². The van der Waals surface area contributed by atoms with Crippen LogP contribution in [0.2, 0.25) is 0 Å². The predicted octanol–water partition coefficient (Wildman–Crippen LogP) is 1.96. The number of rotatable bonds is 4. The van der Waals surface area contributed by atoms with Gasteiger partial charge in [0.05, 0.1) is 12.2 Å². The molecule has 2 aromatic rings. The summed E-state index contributed by atoms with van der Waals surface area (Å²) in [5, 5.41) is 16.9. The molecule has 0 bridgehead atoms. The van der Waals surface area contributed by atoms with Crippen molar-refractivity contribution in [1.82, 2.24) is 4.98 Å². The summed E-state index contributed by atoms with van der Waals surface area (Å²) in [5.41, 5.74) is 7.49. The van der Waals surface area contributed by atoms with Gasteiger partial charge in [-0.1, -0.05) is 18.2 Å². The molecule has 0 atom stereocenters. The Morgan fingerprint density at radius 2 is 2.11 bits per heavy atom. The Bertz CT molecular complexity index is 611. The van der Waals surface area contributed by atoms with Gasteiger partial charge in [-0.3, -0.25) is 5.41 Å².